The van der Waals surface area contributed by atoms with Crippen LogP contribution in [-0.2, 0) is 22.4 Å². The van der Waals surface area contributed by atoms with Gasteiger partial charge in [0.2, 0.25) is 5.91 Å². The Morgan fingerprint density at radius 1 is 1.22 bits per heavy atom. The van der Waals surface area contributed by atoms with Crippen LogP contribution in [0.25, 0.3) is 22.6 Å². The van der Waals surface area contributed by atoms with E-state index in [0.717, 1.165) is 58.7 Å². The minimum Gasteiger partial charge on any atom is -0.508 e. The average Bonchev–Trinajstić information content (AvgIpc) is 3.31. The molecule has 1 saturated heterocycles. The van der Waals surface area contributed by atoms with Crippen LogP contribution < -0.4 is 10.2 Å². The molecule has 2 N–H and O–H groups in total. The smallest absolute Gasteiger partial charge is 0.414 e. The molecule has 2 heterocycles. The number of phenols is 1. The molecule has 164 valence electrons. The lowest BCUT2D eigenvalue weighted by Crippen LogP contribution is -2.33. The fourth-order valence-electron chi connectivity index (χ4n) is 4.33. The first-order valence-corrected chi connectivity index (χ1v) is 10.6. The highest BCUT2D eigenvalue weighted by Crippen LogP contribution is 2.39. The molecule has 5 rings (SSSR count). The number of carbonyl (C=O) groups excluding carboxylic acids is 2. The van der Waals surface area contributed by atoms with Gasteiger partial charge in [-0.25, -0.2) is 4.79 Å². The second-order valence-electron chi connectivity index (χ2n) is 8.13. The molecular formula is C24H23N3O5. The van der Waals surface area contributed by atoms with E-state index in [0.29, 0.717) is 13.1 Å². The maximum absolute atomic E-state index is 12.4. The van der Waals surface area contributed by atoms with Gasteiger partial charge in [-0.05, 0) is 67.3 Å². The number of hydrogen-bond donors (Lipinski definition) is 2. The Kier molecular flexibility index (Phi) is 5.05. The van der Waals surface area contributed by atoms with Gasteiger partial charge >= 0.3 is 6.09 Å². The van der Waals surface area contributed by atoms with Crippen molar-refractivity contribution in [3.63, 3.8) is 0 Å². The van der Waals surface area contributed by atoms with Crippen LogP contribution in [-0.4, -0.2) is 41.5 Å². The Morgan fingerprint density at radius 3 is 2.81 bits per heavy atom. The lowest BCUT2D eigenvalue weighted by atomic mass is 10.00. The second-order valence-corrected chi connectivity index (χ2v) is 8.13. The first-order chi connectivity index (χ1) is 15.5. The van der Waals surface area contributed by atoms with Gasteiger partial charge in [0, 0.05) is 29.3 Å². The van der Waals surface area contributed by atoms with Crippen molar-refractivity contribution < 1.29 is 24.0 Å². The number of carbonyl (C=O) groups is 2. The van der Waals surface area contributed by atoms with Crippen LogP contribution in [0.2, 0.25) is 0 Å². The Bertz CT molecular complexity index is 1180. The van der Waals surface area contributed by atoms with Gasteiger partial charge in [-0.2, -0.15) is 0 Å². The van der Waals surface area contributed by atoms with Crippen LogP contribution in [0.15, 0.2) is 47.0 Å². The number of anilines is 1. The standard InChI is InChI=1S/C24H23N3O5/c1-14(28)25-12-19-13-27(24(30)31-19)17-7-10-20-16(11-17)3-2-4-21-22(26-32-23(20)21)15-5-8-18(29)9-6-15/h5-11,19,29H,2-4,12-13H2,1H3,(H,25,28)/t19-/m0/s1. The van der Waals surface area contributed by atoms with Crippen LogP contribution >= 0.6 is 0 Å². The number of aromatic hydroxyl groups is 1. The van der Waals surface area contributed by atoms with Crippen molar-refractivity contribution in [1.29, 1.82) is 0 Å². The van der Waals surface area contributed by atoms with Crippen LogP contribution in [0.1, 0.15) is 24.5 Å². The van der Waals surface area contributed by atoms with Crippen molar-refractivity contribution in [2.24, 2.45) is 0 Å². The van der Waals surface area contributed by atoms with Gasteiger partial charge in [0.05, 0.1) is 13.1 Å². The molecular weight excluding hydrogens is 410 g/mol. The maximum atomic E-state index is 12.4. The number of ether oxygens (including phenoxy) is 1. The highest BCUT2D eigenvalue weighted by molar-refractivity contribution is 5.90. The van der Waals surface area contributed by atoms with Crippen molar-refractivity contribution in [3.8, 4) is 28.3 Å². The van der Waals surface area contributed by atoms with Crippen molar-refractivity contribution in [2.75, 3.05) is 18.0 Å². The molecule has 3 aromatic rings. The van der Waals surface area contributed by atoms with E-state index in [4.69, 9.17) is 9.26 Å². The number of cyclic esters (lactones) is 1. The summed E-state index contributed by atoms with van der Waals surface area (Å²) in [4.78, 5) is 25.1. The summed E-state index contributed by atoms with van der Waals surface area (Å²) in [6, 6.07) is 12.8. The molecule has 2 aliphatic rings. The zero-order chi connectivity index (χ0) is 22.2. The average molecular weight is 433 g/mol. The molecule has 1 aromatic heterocycles. The van der Waals surface area contributed by atoms with Crippen molar-refractivity contribution >= 4 is 17.7 Å². The van der Waals surface area contributed by atoms with Gasteiger partial charge in [0.15, 0.2) is 5.76 Å². The highest BCUT2D eigenvalue weighted by atomic mass is 16.6. The van der Waals surface area contributed by atoms with Gasteiger partial charge in [0.1, 0.15) is 17.5 Å². The van der Waals surface area contributed by atoms with Gasteiger partial charge in [-0.1, -0.05) is 5.16 Å². The van der Waals surface area contributed by atoms with Crippen LogP contribution in [0.4, 0.5) is 10.5 Å². The number of nitrogens with zero attached hydrogens (tertiary/aromatic N) is 2. The second kappa shape index (κ2) is 8.03. The summed E-state index contributed by atoms with van der Waals surface area (Å²) >= 11 is 0. The van der Waals surface area contributed by atoms with Gasteiger partial charge in [-0.15, -0.1) is 0 Å². The number of benzene rings is 2. The zero-order valence-corrected chi connectivity index (χ0v) is 17.6. The van der Waals surface area contributed by atoms with Crippen LogP contribution in [0.3, 0.4) is 0 Å². The number of phenolic OH excluding ortho intramolecular Hbond substituents is 1. The number of rotatable bonds is 4. The Morgan fingerprint density at radius 2 is 2.03 bits per heavy atom. The van der Waals surface area contributed by atoms with Gasteiger partial charge in [-0.3, -0.25) is 9.69 Å². The highest BCUT2D eigenvalue weighted by Gasteiger charge is 2.33. The molecule has 1 aliphatic carbocycles. The molecule has 1 atom stereocenters. The number of aromatic nitrogens is 1. The third-order valence-corrected chi connectivity index (χ3v) is 5.90. The topological polar surface area (TPSA) is 105 Å². The van der Waals surface area contributed by atoms with Crippen molar-refractivity contribution in [2.45, 2.75) is 32.3 Å². The Labute approximate surface area is 184 Å². The molecule has 2 aromatic carbocycles. The summed E-state index contributed by atoms with van der Waals surface area (Å²) in [6.45, 7) is 2.12. The SMILES string of the molecule is CC(=O)NC[C@H]1CN(c2ccc3c(c2)CCCc2c(-c4ccc(O)cc4)noc2-3)C(=O)O1. The van der Waals surface area contributed by atoms with Crippen LogP contribution in [0, 0.1) is 0 Å². The normalized spacial score (nSPS) is 17.3. The van der Waals surface area contributed by atoms with Gasteiger partial charge < -0.3 is 19.7 Å². The Hall–Kier alpha value is -3.81. The quantitative estimate of drug-likeness (QED) is 0.651. The predicted molar refractivity (Wildman–Crippen MR) is 117 cm³/mol. The Balaban J connectivity index is 1.43. The number of amides is 2. The lowest BCUT2D eigenvalue weighted by Gasteiger charge is -2.15. The number of hydrogen-bond acceptors (Lipinski definition) is 6. The summed E-state index contributed by atoms with van der Waals surface area (Å²) in [5.74, 6) is 0.805. The molecule has 8 heteroatoms. The largest absolute Gasteiger partial charge is 0.508 e. The summed E-state index contributed by atoms with van der Waals surface area (Å²) in [6.07, 6.45) is 1.80. The number of aryl methyl sites for hydroxylation is 1. The first kappa shape index (κ1) is 20.1. The fourth-order valence-corrected chi connectivity index (χ4v) is 4.33. The predicted octanol–water partition coefficient (Wildman–Crippen LogP) is 3.66. The molecule has 2 amide bonds. The molecule has 0 saturated carbocycles. The van der Waals surface area contributed by atoms with E-state index >= 15 is 0 Å². The first-order valence-electron chi connectivity index (χ1n) is 10.6. The van der Waals surface area contributed by atoms with E-state index in [1.165, 1.54) is 6.92 Å². The summed E-state index contributed by atoms with van der Waals surface area (Å²) < 4.78 is 11.2. The third-order valence-electron chi connectivity index (χ3n) is 5.90. The molecule has 1 fully saturated rings. The minimum atomic E-state index is -0.413. The number of fused-ring (bicyclic) bond motifs is 3. The molecule has 0 bridgehead atoms. The molecule has 8 nitrogen and oxygen atoms in total. The van der Waals surface area contributed by atoms with E-state index in [1.807, 2.05) is 30.3 Å². The summed E-state index contributed by atoms with van der Waals surface area (Å²) in [5.41, 5.74) is 5.58. The molecule has 1 aliphatic heterocycles. The van der Waals surface area contributed by atoms with E-state index in [2.05, 4.69) is 10.5 Å². The monoisotopic (exact) mass is 433 g/mol. The van der Waals surface area contributed by atoms with Crippen LogP contribution in [0.5, 0.6) is 5.75 Å². The lowest BCUT2D eigenvalue weighted by molar-refractivity contribution is -0.119. The summed E-state index contributed by atoms with van der Waals surface area (Å²) in [5, 5.41) is 16.6. The van der Waals surface area contributed by atoms with E-state index in [1.54, 1.807) is 17.0 Å². The maximum Gasteiger partial charge on any atom is 0.414 e. The van der Waals surface area contributed by atoms with Crippen molar-refractivity contribution in [3.05, 3.63) is 53.6 Å². The van der Waals surface area contributed by atoms with Gasteiger partial charge in [0.25, 0.3) is 0 Å². The summed E-state index contributed by atoms with van der Waals surface area (Å²) in [7, 11) is 0. The fraction of sp³-hybridized carbons (Fsp3) is 0.292. The van der Waals surface area contributed by atoms with E-state index < -0.39 is 6.09 Å². The minimum absolute atomic E-state index is 0.154. The third kappa shape index (κ3) is 3.68. The van der Waals surface area contributed by atoms with Crippen molar-refractivity contribution in [1.82, 2.24) is 10.5 Å². The molecule has 0 spiro atoms. The number of nitrogens with one attached hydrogen (secondary N) is 1. The molecule has 0 radical (unpaired) electrons. The zero-order valence-electron chi connectivity index (χ0n) is 17.6. The van der Waals surface area contributed by atoms with E-state index in [-0.39, 0.29) is 17.8 Å². The molecule has 0 unspecified atom stereocenters. The molecule has 32 heavy (non-hydrogen) atoms. The van der Waals surface area contributed by atoms with E-state index in [9.17, 15) is 14.7 Å².